The second-order valence-corrected chi connectivity index (χ2v) is 14.7. The zero-order valence-electron chi connectivity index (χ0n) is 24.0. The molecule has 4 fully saturated rings. The summed E-state index contributed by atoms with van der Waals surface area (Å²) in [6, 6.07) is 0.521. The topological polar surface area (TPSA) is 63.2 Å². The SMILES string of the molecule is CC(=O)C1=C(C)C[C@]2(C)C[C@]3(C)CC4C(C5NCCCC5C)CCC(C)C4C(=O)C3C(C)[C@]2(C)C1=O. The van der Waals surface area contributed by atoms with Crippen LogP contribution in [0.15, 0.2) is 11.1 Å². The van der Waals surface area contributed by atoms with Crippen molar-refractivity contribution in [2.75, 3.05) is 6.54 Å². The first-order valence-electron chi connectivity index (χ1n) is 14.8. The van der Waals surface area contributed by atoms with Crippen LogP contribution in [0, 0.1) is 57.7 Å². The first-order valence-corrected chi connectivity index (χ1v) is 14.8. The Morgan fingerprint density at radius 2 is 1.67 bits per heavy atom. The number of nitrogens with one attached hydrogen (secondary N) is 1. The van der Waals surface area contributed by atoms with Gasteiger partial charge in [-0.15, -0.1) is 0 Å². The quantitative estimate of drug-likeness (QED) is 0.465. The van der Waals surface area contributed by atoms with Crippen molar-refractivity contribution >= 4 is 17.3 Å². The van der Waals surface area contributed by atoms with Gasteiger partial charge in [0.1, 0.15) is 5.78 Å². The van der Waals surface area contributed by atoms with Gasteiger partial charge in [0.2, 0.25) is 0 Å². The van der Waals surface area contributed by atoms with E-state index < -0.39 is 5.41 Å². The average Bonchev–Trinajstić information content (AvgIpc) is 2.76. The van der Waals surface area contributed by atoms with E-state index in [2.05, 4.69) is 46.9 Å². The largest absolute Gasteiger partial charge is 0.313 e. The fourth-order valence-electron chi connectivity index (χ4n) is 10.9. The van der Waals surface area contributed by atoms with Crippen LogP contribution in [0.1, 0.15) is 100 Å². The zero-order chi connectivity index (χ0) is 26.4. The molecule has 11 atom stereocenters. The highest BCUT2D eigenvalue weighted by molar-refractivity contribution is 6.22. The molecular weight excluding hydrogens is 446 g/mol. The molecule has 5 rings (SSSR count). The molecule has 0 aromatic carbocycles. The lowest BCUT2D eigenvalue weighted by molar-refractivity contribution is -0.190. The molecule has 0 aromatic rings. The maximum atomic E-state index is 14.6. The van der Waals surface area contributed by atoms with Crippen LogP contribution in [0.5, 0.6) is 0 Å². The average molecular weight is 496 g/mol. The molecule has 200 valence electrons. The summed E-state index contributed by atoms with van der Waals surface area (Å²) < 4.78 is 0. The Hall–Kier alpha value is -1.29. The molecule has 4 aliphatic carbocycles. The van der Waals surface area contributed by atoms with Crippen molar-refractivity contribution < 1.29 is 14.4 Å². The first-order chi connectivity index (χ1) is 16.8. The number of rotatable bonds is 2. The number of carbonyl (C=O) groups excluding carboxylic acids is 3. The lowest BCUT2D eigenvalue weighted by Gasteiger charge is -2.67. The van der Waals surface area contributed by atoms with E-state index in [1.807, 2.05) is 6.92 Å². The lowest BCUT2D eigenvalue weighted by Crippen LogP contribution is -2.67. The number of piperidine rings is 1. The fraction of sp³-hybridized carbons (Fsp3) is 0.844. The summed E-state index contributed by atoms with van der Waals surface area (Å²) in [4.78, 5) is 41.3. The van der Waals surface area contributed by atoms with E-state index in [1.165, 1.54) is 26.2 Å². The molecule has 0 bridgehead atoms. The fourth-order valence-corrected chi connectivity index (χ4v) is 10.9. The molecule has 4 nitrogen and oxygen atoms in total. The van der Waals surface area contributed by atoms with Gasteiger partial charge >= 0.3 is 0 Å². The summed E-state index contributed by atoms with van der Waals surface area (Å²) >= 11 is 0. The number of Topliss-reactive ketones (excluding diaryl/α,β-unsaturated/α-hetero) is 3. The number of carbonyl (C=O) groups is 3. The number of hydrogen-bond donors (Lipinski definition) is 1. The van der Waals surface area contributed by atoms with E-state index in [-0.39, 0.29) is 40.2 Å². The van der Waals surface area contributed by atoms with E-state index in [9.17, 15) is 14.4 Å². The predicted octanol–water partition coefficient (Wildman–Crippen LogP) is 6.18. The molecule has 0 amide bonds. The minimum atomic E-state index is -0.684. The summed E-state index contributed by atoms with van der Waals surface area (Å²) in [6.45, 7) is 18.2. The minimum Gasteiger partial charge on any atom is -0.313 e. The number of hydrogen-bond acceptors (Lipinski definition) is 4. The molecule has 5 aliphatic rings. The monoisotopic (exact) mass is 495 g/mol. The third kappa shape index (κ3) is 3.45. The van der Waals surface area contributed by atoms with Gasteiger partial charge in [-0.05, 0) is 106 Å². The second kappa shape index (κ2) is 8.61. The summed E-state index contributed by atoms with van der Waals surface area (Å²) in [7, 11) is 0. The second-order valence-electron chi connectivity index (χ2n) is 14.7. The van der Waals surface area contributed by atoms with Crippen LogP contribution < -0.4 is 5.32 Å². The van der Waals surface area contributed by atoms with Crippen molar-refractivity contribution in [3.63, 3.8) is 0 Å². The lowest BCUT2D eigenvalue weighted by atomic mass is 9.35. The van der Waals surface area contributed by atoms with Crippen molar-refractivity contribution in [2.24, 2.45) is 57.7 Å². The molecule has 1 N–H and O–H groups in total. The van der Waals surface area contributed by atoms with Gasteiger partial charge in [-0.25, -0.2) is 0 Å². The summed E-state index contributed by atoms with van der Waals surface area (Å²) in [5, 5.41) is 3.89. The predicted molar refractivity (Wildman–Crippen MR) is 143 cm³/mol. The molecule has 3 saturated carbocycles. The highest BCUT2D eigenvalue weighted by Gasteiger charge is 2.69. The Labute approximate surface area is 218 Å². The number of allylic oxidation sites excluding steroid dienone is 2. The molecule has 0 aromatic heterocycles. The molecule has 1 heterocycles. The minimum absolute atomic E-state index is 0.000484. The van der Waals surface area contributed by atoms with Crippen LogP contribution in [0.4, 0.5) is 0 Å². The van der Waals surface area contributed by atoms with Gasteiger partial charge < -0.3 is 5.32 Å². The molecular formula is C32H49NO3. The maximum Gasteiger partial charge on any atom is 0.173 e. The van der Waals surface area contributed by atoms with Crippen LogP contribution in [0.3, 0.4) is 0 Å². The van der Waals surface area contributed by atoms with E-state index in [0.717, 1.165) is 37.8 Å². The van der Waals surface area contributed by atoms with E-state index in [4.69, 9.17) is 0 Å². The van der Waals surface area contributed by atoms with Crippen molar-refractivity contribution in [1.82, 2.24) is 5.32 Å². The van der Waals surface area contributed by atoms with Gasteiger partial charge in [0.25, 0.3) is 0 Å². The van der Waals surface area contributed by atoms with Crippen molar-refractivity contribution in [3.05, 3.63) is 11.1 Å². The Morgan fingerprint density at radius 3 is 2.31 bits per heavy atom. The molecule has 0 spiro atoms. The number of fused-ring (bicyclic) bond motifs is 3. The van der Waals surface area contributed by atoms with Gasteiger partial charge in [-0.3, -0.25) is 14.4 Å². The van der Waals surface area contributed by atoms with Crippen molar-refractivity contribution in [1.29, 1.82) is 0 Å². The Balaban J connectivity index is 1.57. The van der Waals surface area contributed by atoms with Crippen molar-refractivity contribution in [2.45, 2.75) is 106 Å². The van der Waals surface area contributed by atoms with E-state index in [0.29, 0.717) is 41.1 Å². The van der Waals surface area contributed by atoms with Crippen LogP contribution in [0.2, 0.25) is 0 Å². The molecule has 1 aliphatic heterocycles. The summed E-state index contributed by atoms with van der Waals surface area (Å²) in [5.74, 6) is 2.34. The highest BCUT2D eigenvalue weighted by Crippen LogP contribution is 2.70. The highest BCUT2D eigenvalue weighted by atomic mass is 16.2. The molecule has 4 heteroatoms. The van der Waals surface area contributed by atoms with Crippen LogP contribution in [0.25, 0.3) is 0 Å². The van der Waals surface area contributed by atoms with Crippen molar-refractivity contribution in [3.8, 4) is 0 Å². The molecule has 0 radical (unpaired) electrons. The smallest absolute Gasteiger partial charge is 0.173 e. The first kappa shape index (κ1) is 26.3. The van der Waals surface area contributed by atoms with E-state index >= 15 is 0 Å². The van der Waals surface area contributed by atoms with E-state index in [1.54, 1.807) is 0 Å². The summed E-state index contributed by atoms with van der Waals surface area (Å²) in [6.07, 6.45) is 7.67. The van der Waals surface area contributed by atoms with Gasteiger partial charge in [0.15, 0.2) is 11.6 Å². The summed E-state index contributed by atoms with van der Waals surface area (Å²) in [5.41, 5.74) is 0.336. The van der Waals surface area contributed by atoms with Crippen LogP contribution in [-0.4, -0.2) is 29.9 Å². The molecule has 36 heavy (non-hydrogen) atoms. The molecule has 1 saturated heterocycles. The van der Waals surface area contributed by atoms with Gasteiger partial charge in [-0.1, -0.05) is 47.1 Å². The Bertz CT molecular complexity index is 1010. The van der Waals surface area contributed by atoms with Crippen LogP contribution >= 0.6 is 0 Å². The Kier molecular flexibility index (Phi) is 6.30. The third-order valence-electron chi connectivity index (χ3n) is 12.5. The van der Waals surface area contributed by atoms with Gasteiger partial charge in [0.05, 0.1) is 5.57 Å². The standard InChI is InChI=1S/C32H49NO3/c1-17-11-12-22(27-18(2)10-9-13-33-27)23-15-30(6)16-31(7)14-19(3)24(21(5)34)29(36)32(31,8)20(4)26(30)28(35)25(17)23/h17-18,20,22-23,25-27,33H,9-16H2,1-8H3/t17?,18?,20?,22?,23?,25?,26?,27?,30-,31+,32+/m0/s1. The van der Waals surface area contributed by atoms with Gasteiger partial charge in [-0.2, -0.15) is 0 Å². The Morgan fingerprint density at radius 1 is 0.972 bits per heavy atom. The number of ketones is 3. The van der Waals surface area contributed by atoms with Crippen LogP contribution in [-0.2, 0) is 14.4 Å². The normalized spacial score (nSPS) is 51.3. The maximum absolute atomic E-state index is 14.6. The third-order valence-corrected chi connectivity index (χ3v) is 12.5. The van der Waals surface area contributed by atoms with Gasteiger partial charge in [0, 0.05) is 23.3 Å². The zero-order valence-corrected chi connectivity index (χ0v) is 24.0. The molecule has 8 unspecified atom stereocenters.